The van der Waals surface area contributed by atoms with Gasteiger partial charge in [-0.1, -0.05) is 25.4 Å². The molecule has 1 aromatic rings. The summed E-state index contributed by atoms with van der Waals surface area (Å²) in [5.41, 5.74) is 0.691. The normalized spacial score (nSPS) is 20.4. The van der Waals surface area contributed by atoms with Gasteiger partial charge in [-0.05, 0) is 37.2 Å². The molecule has 0 spiro atoms. The molecule has 0 saturated heterocycles. The second-order valence-electron chi connectivity index (χ2n) is 5.65. The molecule has 1 aromatic heterocycles. The van der Waals surface area contributed by atoms with Crippen molar-refractivity contribution in [1.29, 1.82) is 0 Å². The van der Waals surface area contributed by atoms with Crippen molar-refractivity contribution in [3.05, 3.63) is 23.0 Å². The van der Waals surface area contributed by atoms with Crippen LogP contribution in [-0.2, 0) is 0 Å². The molecule has 1 aliphatic carbocycles. The van der Waals surface area contributed by atoms with E-state index in [0.717, 1.165) is 25.7 Å². The van der Waals surface area contributed by atoms with Crippen LogP contribution in [0.2, 0.25) is 5.02 Å². The van der Waals surface area contributed by atoms with E-state index in [0.29, 0.717) is 16.1 Å². The average Bonchev–Trinajstić information content (AvgIpc) is 2.60. The van der Waals surface area contributed by atoms with Gasteiger partial charge in [-0.3, -0.25) is 0 Å². The summed E-state index contributed by atoms with van der Waals surface area (Å²) in [6, 6.07) is 1.81. The maximum absolute atomic E-state index is 11.1. The summed E-state index contributed by atoms with van der Waals surface area (Å²) >= 11 is 5.90. The van der Waals surface area contributed by atoms with Crippen molar-refractivity contribution in [1.82, 2.24) is 4.57 Å². The van der Waals surface area contributed by atoms with Gasteiger partial charge in [-0.2, -0.15) is 0 Å². The Morgan fingerprint density at radius 3 is 2.59 bits per heavy atom. The Balaban J connectivity index is 2.21. The summed E-state index contributed by atoms with van der Waals surface area (Å²) in [4.78, 5) is 11.1. The van der Waals surface area contributed by atoms with E-state index in [2.05, 4.69) is 13.8 Å². The number of nitrogens with zero attached hydrogens (tertiary/aromatic N) is 1. The topological polar surface area (TPSA) is 42.2 Å². The molecule has 1 heterocycles. The minimum absolute atomic E-state index is 0.279. The van der Waals surface area contributed by atoms with Crippen LogP contribution in [0.3, 0.4) is 0 Å². The number of halogens is 1. The fourth-order valence-corrected chi connectivity index (χ4v) is 2.79. The van der Waals surface area contributed by atoms with Crippen LogP contribution in [0.15, 0.2) is 12.3 Å². The van der Waals surface area contributed by atoms with Crippen LogP contribution in [0.25, 0.3) is 0 Å². The molecule has 17 heavy (non-hydrogen) atoms. The van der Waals surface area contributed by atoms with Gasteiger partial charge in [0.15, 0.2) is 0 Å². The van der Waals surface area contributed by atoms with Crippen LogP contribution >= 0.6 is 11.6 Å². The predicted molar refractivity (Wildman–Crippen MR) is 67.7 cm³/mol. The number of hydrogen-bond donors (Lipinski definition) is 1. The highest BCUT2D eigenvalue weighted by atomic mass is 35.5. The summed E-state index contributed by atoms with van der Waals surface area (Å²) in [5.74, 6) is -0.901. The minimum atomic E-state index is -0.901. The Labute approximate surface area is 106 Å². The monoisotopic (exact) mass is 255 g/mol. The maximum Gasteiger partial charge on any atom is 0.352 e. The summed E-state index contributed by atoms with van der Waals surface area (Å²) in [6.07, 6.45) is 6.06. The summed E-state index contributed by atoms with van der Waals surface area (Å²) in [5, 5.41) is 9.64. The molecule has 94 valence electrons. The zero-order valence-electron chi connectivity index (χ0n) is 10.2. The Morgan fingerprint density at radius 2 is 2.06 bits per heavy atom. The lowest BCUT2D eigenvalue weighted by Gasteiger charge is -2.35. The summed E-state index contributed by atoms with van der Waals surface area (Å²) in [7, 11) is 0. The maximum atomic E-state index is 11.1. The van der Waals surface area contributed by atoms with Gasteiger partial charge >= 0.3 is 5.97 Å². The zero-order valence-corrected chi connectivity index (χ0v) is 11.0. The van der Waals surface area contributed by atoms with Gasteiger partial charge in [-0.25, -0.2) is 4.79 Å². The quantitative estimate of drug-likeness (QED) is 0.869. The first-order chi connectivity index (χ1) is 7.89. The van der Waals surface area contributed by atoms with Crippen LogP contribution < -0.4 is 0 Å². The van der Waals surface area contributed by atoms with Gasteiger partial charge in [-0.15, -0.1) is 0 Å². The van der Waals surface area contributed by atoms with E-state index in [1.54, 1.807) is 6.20 Å². The van der Waals surface area contributed by atoms with E-state index in [9.17, 15) is 4.79 Å². The lowest BCUT2D eigenvalue weighted by molar-refractivity contribution is 0.0678. The zero-order chi connectivity index (χ0) is 12.6. The molecule has 0 amide bonds. The third-order valence-corrected chi connectivity index (χ3v) is 3.94. The van der Waals surface area contributed by atoms with E-state index in [1.807, 2.05) is 4.57 Å². The third kappa shape index (κ3) is 2.65. The number of carboxylic acids is 1. The first kappa shape index (κ1) is 12.5. The molecule has 1 fully saturated rings. The molecule has 0 unspecified atom stereocenters. The molecule has 0 atom stereocenters. The second-order valence-corrected chi connectivity index (χ2v) is 6.09. The summed E-state index contributed by atoms with van der Waals surface area (Å²) in [6.45, 7) is 4.54. The number of aromatic carboxylic acids is 1. The molecule has 1 aliphatic rings. The molecule has 2 rings (SSSR count). The molecule has 3 nitrogen and oxygen atoms in total. The van der Waals surface area contributed by atoms with Crippen molar-refractivity contribution < 1.29 is 9.90 Å². The van der Waals surface area contributed by atoms with Crippen molar-refractivity contribution in [2.24, 2.45) is 5.41 Å². The van der Waals surface area contributed by atoms with Crippen molar-refractivity contribution in [2.75, 3.05) is 0 Å². The molecule has 1 saturated carbocycles. The van der Waals surface area contributed by atoms with Crippen molar-refractivity contribution >= 4 is 17.6 Å². The average molecular weight is 256 g/mol. The Bertz CT molecular complexity index is 427. The van der Waals surface area contributed by atoms with E-state index in [1.165, 1.54) is 6.07 Å². The van der Waals surface area contributed by atoms with Crippen molar-refractivity contribution in [2.45, 2.75) is 45.6 Å². The number of aromatic nitrogens is 1. The lowest BCUT2D eigenvalue weighted by atomic mass is 9.75. The van der Waals surface area contributed by atoms with Crippen LogP contribution in [-0.4, -0.2) is 15.6 Å². The number of carbonyl (C=O) groups is 1. The highest BCUT2D eigenvalue weighted by Gasteiger charge is 2.29. The van der Waals surface area contributed by atoms with E-state index < -0.39 is 5.97 Å². The number of hydrogen-bond acceptors (Lipinski definition) is 1. The van der Waals surface area contributed by atoms with E-state index in [4.69, 9.17) is 16.7 Å². The Hall–Kier alpha value is -0.960. The fraction of sp³-hybridized carbons (Fsp3) is 0.615. The van der Waals surface area contributed by atoms with E-state index >= 15 is 0 Å². The van der Waals surface area contributed by atoms with Crippen LogP contribution in [0.4, 0.5) is 0 Å². The molecule has 0 aromatic carbocycles. The van der Waals surface area contributed by atoms with Gasteiger partial charge in [0.1, 0.15) is 5.69 Å². The van der Waals surface area contributed by atoms with Gasteiger partial charge in [0.05, 0.1) is 5.02 Å². The molecular weight excluding hydrogens is 238 g/mol. The fourth-order valence-electron chi connectivity index (χ4n) is 2.58. The largest absolute Gasteiger partial charge is 0.477 e. The highest BCUT2D eigenvalue weighted by Crippen LogP contribution is 2.41. The highest BCUT2D eigenvalue weighted by molar-refractivity contribution is 6.30. The number of carboxylic acid groups (broad SMARTS) is 1. The second kappa shape index (κ2) is 4.37. The number of rotatable bonds is 2. The van der Waals surface area contributed by atoms with Gasteiger partial charge in [0, 0.05) is 12.2 Å². The summed E-state index contributed by atoms with van der Waals surface area (Å²) < 4.78 is 1.83. The smallest absolute Gasteiger partial charge is 0.352 e. The minimum Gasteiger partial charge on any atom is -0.477 e. The molecule has 1 N–H and O–H groups in total. The van der Waals surface area contributed by atoms with Crippen molar-refractivity contribution in [3.8, 4) is 0 Å². The molecule has 0 radical (unpaired) electrons. The van der Waals surface area contributed by atoms with Crippen LogP contribution in [0.1, 0.15) is 56.1 Å². The predicted octanol–water partition coefficient (Wildman–Crippen LogP) is 3.98. The molecule has 4 heteroatoms. The van der Waals surface area contributed by atoms with Gasteiger partial charge in [0.2, 0.25) is 0 Å². The van der Waals surface area contributed by atoms with E-state index in [-0.39, 0.29) is 6.04 Å². The SMILES string of the molecule is CC1(C)CCC(n2cc(Cl)cc2C(=O)O)CC1. The Morgan fingerprint density at radius 1 is 1.47 bits per heavy atom. The standard InChI is InChI=1S/C13H18ClNO2/c1-13(2)5-3-10(4-6-13)15-8-9(14)7-11(15)12(16)17/h7-8,10H,3-6H2,1-2H3,(H,16,17). The first-order valence-corrected chi connectivity index (χ1v) is 6.37. The molecular formula is C13H18ClNO2. The van der Waals surface area contributed by atoms with Crippen LogP contribution in [0, 0.1) is 5.41 Å². The van der Waals surface area contributed by atoms with Gasteiger partial charge in [0.25, 0.3) is 0 Å². The van der Waals surface area contributed by atoms with Gasteiger partial charge < -0.3 is 9.67 Å². The van der Waals surface area contributed by atoms with Crippen LogP contribution in [0.5, 0.6) is 0 Å². The first-order valence-electron chi connectivity index (χ1n) is 6.00. The third-order valence-electron chi connectivity index (χ3n) is 3.74. The Kier molecular flexibility index (Phi) is 3.21. The molecule has 0 bridgehead atoms. The van der Waals surface area contributed by atoms with Crippen molar-refractivity contribution in [3.63, 3.8) is 0 Å². The molecule has 0 aliphatic heterocycles. The lowest BCUT2D eigenvalue weighted by Crippen LogP contribution is -2.24.